The predicted molar refractivity (Wildman–Crippen MR) is 120 cm³/mol. The lowest BCUT2D eigenvalue weighted by atomic mass is 10.1. The molecule has 0 aliphatic heterocycles. The van der Waals surface area contributed by atoms with Crippen LogP contribution in [0.3, 0.4) is 0 Å². The van der Waals surface area contributed by atoms with Crippen molar-refractivity contribution >= 4 is 29.2 Å². The quantitative estimate of drug-likeness (QED) is 0.232. The van der Waals surface area contributed by atoms with E-state index in [9.17, 15) is 19.2 Å². The van der Waals surface area contributed by atoms with Crippen LogP contribution in [0, 0.1) is 5.41 Å². The van der Waals surface area contributed by atoms with Crippen LogP contribution in [0.5, 0.6) is 0 Å². The average Bonchev–Trinajstić information content (AvgIpc) is 2.73. The monoisotopic (exact) mass is 451 g/mol. The fourth-order valence-corrected chi connectivity index (χ4v) is 2.84. The lowest BCUT2D eigenvalue weighted by Gasteiger charge is -2.23. The van der Waals surface area contributed by atoms with Gasteiger partial charge >= 0.3 is 5.97 Å². The van der Waals surface area contributed by atoms with Gasteiger partial charge in [0.1, 0.15) is 6.04 Å². The molecule has 178 valence electrons. The first kappa shape index (κ1) is 26.9. The minimum Gasteiger partial charge on any atom is -0.481 e. The molecule has 0 spiro atoms. The minimum absolute atomic E-state index is 0.0124. The first-order valence-electron chi connectivity index (χ1n) is 10.4. The van der Waals surface area contributed by atoms with Gasteiger partial charge in [-0.1, -0.05) is 13.8 Å². The van der Waals surface area contributed by atoms with Crippen LogP contribution in [0.4, 0.5) is 5.82 Å². The second kappa shape index (κ2) is 12.7. The number of nitrogens with zero attached hydrogens (tertiary/aromatic N) is 3. The molecule has 3 atom stereocenters. The number of anilines is 1. The minimum atomic E-state index is -1.22. The maximum absolute atomic E-state index is 12.9. The van der Waals surface area contributed by atoms with E-state index in [4.69, 9.17) is 16.2 Å². The van der Waals surface area contributed by atoms with Gasteiger partial charge in [0.25, 0.3) is 5.56 Å². The number of carbonyl (C=O) groups excluding carboxylic acids is 2. The van der Waals surface area contributed by atoms with Gasteiger partial charge in [0.05, 0.1) is 25.0 Å². The van der Waals surface area contributed by atoms with E-state index in [0.717, 1.165) is 0 Å². The molecule has 0 bridgehead atoms. The van der Waals surface area contributed by atoms with Gasteiger partial charge in [-0.25, -0.2) is 4.98 Å². The third-order valence-electron chi connectivity index (χ3n) is 4.99. The van der Waals surface area contributed by atoms with Crippen LogP contribution >= 0.6 is 0 Å². The number of aliphatic carboxylic acids is 1. The third-order valence-corrected chi connectivity index (χ3v) is 4.99. The van der Waals surface area contributed by atoms with Crippen LogP contribution in [0.15, 0.2) is 17.2 Å². The van der Waals surface area contributed by atoms with Gasteiger partial charge in [0, 0.05) is 24.7 Å². The molecule has 0 aliphatic carbocycles. The highest BCUT2D eigenvalue weighted by Crippen LogP contribution is 2.11. The van der Waals surface area contributed by atoms with E-state index in [1.165, 1.54) is 17.0 Å². The molecular weight excluding hydrogens is 418 g/mol. The largest absolute Gasteiger partial charge is 0.481 e. The number of nitrogens with one attached hydrogen (secondary N) is 3. The van der Waals surface area contributed by atoms with E-state index in [2.05, 4.69) is 15.6 Å². The number of hydrogen-bond acceptors (Lipinski definition) is 9. The predicted octanol–water partition coefficient (Wildman–Crippen LogP) is -0.546. The number of rotatable bonds is 14. The summed E-state index contributed by atoms with van der Waals surface area (Å²) in [6.45, 7) is 5.78. The number of carboxylic acid groups (broad SMARTS) is 1. The van der Waals surface area contributed by atoms with Crippen LogP contribution in [0.2, 0.25) is 0 Å². The van der Waals surface area contributed by atoms with Crippen LogP contribution in [0.25, 0.3) is 0 Å². The molecule has 0 saturated heterocycles. The number of ketones is 1. The van der Waals surface area contributed by atoms with Crippen molar-refractivity contribution in [3.63, 3.8) is 0 Å². The Morgan fingerprint density at radius 1 is 1.34 bits per heavy atom. The molecule has 3 unspecified atom stereocenters. The number of aromatic nitrogens is 2. The number of hydrogen-bond donors (Lipinski definition) is 5. The van der Waals surface area contributed by atoms with Gasteiger partial charge in [-0.05, 0) is 26.9 Å². The Kier molecular flexibility index (Phi) is 10.7. The fourth-order valence-electron chi connectivity index (χ4n) is 2.84. The van der Waals surface area contributed by atoms with E-state index in [1.807, 2.05) is 6.92 Å². The maximum atomic E-state index is 12.9. The molecule has 1 rings (SSSR count). The summed E-state index contributed by atoms with van der Waals surface area (Å²) < 4.78 is 1.17. The molecule has 1 aromatic heterocycles. The third kappa shape index (κ3) is 7.85. The normalized spacial score (nSPS) is 13.8. The highest BCUT2D eigenvalue weighted by molar-refractivity contribution is 5.94. The summed E-state index contributed by atoms with van der Waals surface area (Å²) in [5.74, 6) is -2.32. The standard InChI is InChI=1S/C20H33N7O5/c1-5-15(19(31)25-14(9-17(29)30)16(28)11-26(4)6-2)27-8-7-23-18(20(27)32)24-10-13(22)12(3)21/h7-8,13-15,21H,5-6,9-11,22H2,1-4H3,(H,23,24)(H,25,31)(H,29,30). The Morgan fingerprint density at radius 3 is 2.53 bits per heavy atom. The summed E-state index contributed by atoms with van der Waals surface area (Å²) in [5, 5.41) is 22.0. The van der Waals surface area contributed by atoms with Gasteiger partial charge in [0.2, 0.25) is 5.91 Å². The Morgan fingerprint density at radius 2 is 2.00 bits per heavy atom. The average molecular weight is 452 g/mol. The van der Waals surface area contributed by atoms with E-state index < -0.39 is 47.8 Å². The molecule has 1 amide bonds. The van der Waals surface area contributed by atoms with Crippen LogP contribution < -0.4 is 21.9 Å². The van der Waals surface area contributed by atoms with Crippen molar-refractivity contribution in [2.24, 2.45) is 5.73 Å². The van der Waals surface area contributed by atoms with Crippen molar-refractivity contribution in [1.82, 2.24) is 19.8 Å². The first-order chi connectivity index (χ1) is 15.0. The van der Waals surface area contributed by atoms with E-state index in [0.29, 0.717) is 6.54 Å². The number of carboxylic acids is 1. The zero-order valence-electron chi connectivity index (χ0n) is 18.9. The Bertz CT molecular complexity index is 885. The van der Waals surface area contributed by atoms with Gasteiger partial charge in [-0.2, -0.15) is 0 Å². The lowest BCUT2D eigenvalue weighted by molar-refractivity contribution is -0.140. The van der Waals surface area contributed by atoms with Gasteiger partial charge in [-0.15, -0.1) is 0 Å². The second-order valence-electron chi connectivity index (χ2n) is 7.54. The molecule has 6 N–H and O–H groups in total. The van der Waals surface area contributed by atoms with Gasteiger partial charge in [0.15, 0.2) is 11.6 Å². The van der Waals surface area contributed by atoms with Crippen LogP contribution in [-0.4, -0.2) is 81.7 Å². The fraction of sp³-hybridized carbons (Fsp3) is 0.600. The van der Waals surface area contributed by atoms with Crippen molar-refractivity contribution in [1.29, 1.82) is 5.41 Å². The number of amides is 1. The molecule has 0 fully saturated rings. The van der Waals surface area contributed by atoms with E-state index in [-0.39, 0.29) is 31.0 Å². The number of Topliss-reactive ketones (excluding diaryl/α,β-unsaturated/α-hetero) is 1. The van der Waals surface area contributed by atoms with Crippen molar-refractivity contribution in [3.8, 4) is 0 Å². The SMILES string of the molecule is CCC(C(=O)NC(CC(=O)O)C(=O)CN(C)CC)n1ccnc(NCC(N)C(C)=N)c1=O. The molecule has 12 nitrogen and oxygen atoms in total. The van der Waals surface area contributed by atoms with E-state index in [1.54, 1.807) is 25.8 Å². The molecule has 1 aromatic rings. The van der Waals surface area contributed by atoms with Crippen molar-refractivity contribution in [2.75, 3.05) is 32.0 Å². The topological polar surface area (TPSA) is 183 Å². The summed E-state index contributed by atoms with van der Waals surface area (Å²) in [7, 11) is 1.71. The van der Waals surface area contributed by atoms with Crippen molar-refractivity contribution in [2.45, 2.75) is 51.7 Å². The number of nitrogens with two attached hydrogens (primary N) is 1. The zero-order chi connectivity index (χ0) is 24.4. The van der Waals surface area contributed by atoms with Crippen LogP contribution in [0.1, 0.15) is 39.7 Å². The smallest absolute Gasteiger partial charge is 0.305 e. The lowest BCUT2D eigenvalue weighted by Crippen LogP contribution is -2.49. The highest BCUT2D eigenvalue weighted by Gasteiger charge is 2.28. The molecule has 0 aliphatic rings. The van der Waals surface area contributed by atoms with Gasteiger partial charge < -0.3 is 26.9 Å². The molecular formula is C20H33N7O5. The Balaban J connectivity index is 3.08. The van der Waals surface area contributed by atoms with Crippen LogP contribution in [-0.2, 0) is 14.4 Å². The number of likely N-dealkylation sites (N-methyl/N-ethyl adjacent to an activating group) is 1. The summed E-state index contributed by atoms with van der Waals surface area (Å²) >= 11 is 0. The zero-order valence-corrected chi connectivity index (χ0v) is 18.9. The highest BCUT2D eigenvalue weighted by atomic mass is 16.4. The Labute approximate surface area is 186 Å². The molecule has 1 heterocycles. The van der Waals surface area contributed by atoms with Gasteiger partial charge in [-0.3, -0.25) is 28.6 Å². The molecule has 0 radical (unpaired) electrons. The molecule has 12 heteroatoms. The van der Waals surface area contributed by atoms with E-state index >= 15 is 0 Å². The summed E-state index contributed by atoms with van der Waals surface area (Å²) in [4.78, 5) is 55.2. The first-order valence-corrected chi connectivity index (χ1v) is 10.4. The summed E-state index contributed by atoms with van der Waals surface area (Å²) in [6.07, 6.45) is 2.36. The molecule has 0 aromatic carbocycles. The maximum Gasteiger partial charge on any atom is 0.305 e. The summed E-state index contributed by atoms with van der Waals surface area (Å²) in [6, 6.07) is -2.79. The number of carbonyl (C=O) groups is 3. The van der Waals surface area contributed by atoms with Crippen molar-refractivity contribution < 1.29 is 19.5 Å². The van der Waals surface area contributed by atoms with Crippen molar-refractivity contribution in [3.05, 3.63) is 22.7 Å². The Hall–Kier alpha value is -3.12. The second-order valence-corrected chi connectivity index (χ2v) is 7.54. The molecule has 32 heavy (non-hydrogen) atoms. The summed E-state index contributed by atoms with van der Waals surface area (Å²) in [5.41, 5.74) is 5.45. The molecule has 0 saturated carbocycles.